The van der Waals surface area contributed by atoms with Crippen LogP contribution in [0.3, 0.4) is 0 Å². The highest BCUT2D eigenvalue weighted by Crippen LogP contribution is 2.02. The lowest BCUT2D eigenvalue weighted by atomic mass is 10.1. The van der Waals surface area contributed by atoms with Gasteiger partial charge in [0, 0.05) is 6.04 Å². The van der Waals surface area contributed by atoms with Gasteiger partial charge in [-0.2, -0.15) is 0 Å². The second-order valence-electron chi connectivity index (χ2n) is 4.51. The lowest BCUT2D eigenvalue weighted by Gasteiger charge is -2.14. The standard InChI is InChI=1S/C12H28N2/c1-5-6-7-9-12(2)13-10-8-11-14(3)4/h12-13H,5-11H2,1-4H3/t12-/m0/s1. The molecule has 14 heavy (non-hydrogen) atoms. The van der Waals surface area contributed by atoms with Crippen LogP contribution in [0.2, 0.25) is 0 Å². The van der Waals surface area contributed by atoms with E-state index in [0.717, 1.165) is 6.54 Å². The Hall–Kier alpha value is -0.0800. The van der Waals surface area contributed by atoms with Crippen LogP contribution < -0.4 is 5.32 Å². The number of hydrogen-bond acceptors (Lipinski definition) is 2. The Morgan fingerprint density at radius 3 is 2.43 bits per heavy atom. The van der Waals surface area contributed by atoms with Gasteiger partial charge in [-0.3, -0.25) is 0 Å². The Balaban J connectivity index is 3.14. The van der Waals surface area contributed by atoms with Crippen molar-refractivity contribution in [3.8, 4) is 0 Å². The highest BCUT2D eigenvalue weighted by atomic mass is 15.1. The van der Waals surface area contributed by atoms with E-state index in [2.05, 4.69) is 38.2 Å². The third-order valence-electron chi connectivity index (χ3n) is 2.52. The van der Waals surface area contributed by atoms with Gasteiger partial charge in [0.1, 0.15) is 0 Å². The van der Waals surface area contributed by atoms with Crippen molar-refractivity contribution in [3.63, 3.8) is 0 Å². The van der Waals surface area contributed by atoms with Crippen LogP contribution in [0.15, 0.2) is 0 Å². The van der Waals surface area contributed by atoms with Gasteiger partial charge in [-0.15, -0.1) is 0 Å². The molecule has 1 N–H and O–H groups in total. The molecule has 0 rings (SSSR count). The lowest BCUT2D eigenvalue weighted by molar-refractivity contribution is 0.384. The maximum absolute atomic E-state index is 3.57. The molecule has 0 bridgehead atoms. The smallest absolute Gasteiger partial charge is 0.00387 e. The molecule has 0 unspecified atom stereocenters. The summed E-state index contributed by atoms with van der Waals surface area (Å²) in [6.07, 6.45) is 6.66. The van der Waals surface area contributed by atoms with Gasteiger partial charge in [-0.25, -0.2) is 0 Å². The summed E-state index contributed by atoms with van der Waals surface area (Å²) >= 11 is 0. The molecule has 0 spiro atoms. The van der Waals surface area contributed by atoms with E-state index in [0.29, 0.717) is 6.04 Å². The van der Waals surface area contributed by atoms with Gasteiger partial charge in [0.05, 0.1) is 0 Å². The number of nitrogens with one attached hydrogen (secondary N) is 1. The quantitative estimate of drug-likeness (QED) is 0.575. The number of unbranched alkanes of at least 4 members (excludes halogenated alkanes) is 2. The average Bonchev–Trinajstić information content (AvgIpc) is 2.13. The van der Waals surface area contributed by atoms with E-state index in [1.165, 1.54) is 38.6 Å². The molecule has 0 aromatic carbocycles. The third kappa shape index (κ3) is 10.0. The molecule has 0 fully saturated rings. The zero-order chi connectivity index (χ0) is 10.8. The molecule has 0 aliphatic heterocycles. The summed E-state index contributed by atoms with van der Waals surface area (Å²) in [4.78, 5) is 2.24. The summed E-state index contributed by atoms with van der Waals surface area (Å²) < 4.78 is 0. The molecule has 2 nitrogen and oxygen atoms in total. The fraction of sp³-hybridized carbons (Fsp3) is 1.00. The summed E-state index contributed by atoms with van der Waals surface area (Å²) in [6.45, 7) is 6.90. The Labute approximate surface area is 90.1 Å². The highest BCUT2D eigenvalue weighted by molar-refractivity contribution is 4.61. The average molecular weight is 200 g/mol. The van der Waals surface area contributed by atoms with E-state index in [9.17, 15) is 0 Å². The Kier molecular flexibility index (Phi) is 9.42. The Bertz CT molecular complexity index is 113. The molecule has 0 amide bonds. The zero-order valence-corrected chi connectivity index (χ0v) is 10.5. The van der Waals surface area contributed by atoms with Gasteiger partial charge in [0.15, 0.2) is 0 Å². The van der Waals surface area contributed by atoms with Crippen molar-refractivity contribution >= 4 is 0 Å². The van der Waals surface area contributed by atoms with Gasteiger partial charge >= 0.3 is 0 Å². The van der Waals surface area contributed by atoms with Crippen molar-refractivity contribution in [2.75, 3.05) is 27.2 Å². The molecule has 0 aromatic rings. The maximum Gasteiger partial charge on any atom is 0.00387 e. The van der Waals surface area contributed by atoms with Gasteiger partial charge in [0.25, 0.3) is 0 Å². The number of rotatable bonds is 9. The van der Waals surface area contributed by atoms with Crippen LogP contribution >= 0.6 is 0 Å². The third-order valence-corrected chi connectivity index (χ3v) is 2.52. The Morgan fingerprint density at radius 2 is 1.86 bits per heavy atom. The van der Waals surface area contributed by atoms with Crippen molar-refractivity contribution in [1.29, 1.82) is 0 Å². The fourth-order valence-corrected chi connectivity index (χ4v) is 1.55. The van der Waals surface area contributed by atoms with Crippen LogP contribution in [-0.4, -0.2) is 38.1 Å². The molecule has 2 heteroatoms. The molecule has 0 saturated carbocycles. The summed E-state index contributed by atoms with van der Waals surface area (Å²) in [7, 11) is 4.26. The SMILES string of the molecule is CCCCC[C@H](C)NCCCN(C)C. The van der Waals surface area contributed by atoms with Crippen LogP contribution in [0.5, 0.6) is 0 Å². The molecule has 0 radical (unpaired) electrons. The predicted octanol–water partition coefficient (Wildman–Crippen LogP) is 2.50. The number of nitrogens with zero attached hydrogens (tertiary/aromatic N) is 1. The van der Waals surface area contributed by atoms with Gasteiger partial charge < -0.3 is 10.2 Å². The minimum absolute atomic E-state index is 0.698. The molecular weight excluding hydrogens is 172 g/mol. The van der Waals surface area contributed by atoms with Gasteiger partial charge in [-0.05, 0) is 47.0 Å². The molecule has 0 heterocycles. The van der Waals surface area contributed by atoms with Crippen molar-refractivity contribution in [2.45, 2.75) is 52.0 Å². The first-order chi connectivity index (χ1) is 6.66. The molecule has 0 aromatic heterocycles. The van der Waals surface area contributed by atoms with Crippen LogP contribution in [0, 0.1) is 0 Å². The van der Waals surface area contributed by atoms with Gasteiger partial charge in [-0.1, -0.05) is 26.2 Å². The highest BCUT2D eigenvalue weighted by Gasteiger charge is 1.99. The second-order valence-corrected chi connectivity index (χ2v) is 4.51. The van der Waals surface area contributed by atoms with E-state index >= 15 is 0 Å². The van der Waals surface area contributed by atoms with E-state index in [1.54, 1.807) is 0 Å². The molecule has 1 atom stereocenters. The first-order valence-electron chi connectivity index (χ1n) is 6.05. The monoisotopic (exact) mass is 200 g/mol. The minimum atomic E-state index is 0.698. The zero-order valence-electron chi connectivity index (χ0n) is 10.5. The summed E-state index contributed by atoms with van der Waals surface area (Å²) in [5, 5.41) is 3.57. The van der Waals surface area contributed by atoms with Crippen LogP contribution in [0.1, 0.15) is 46.0 Å². The first-order valence-corrected chi connectivity index (χ1v) is 6.05. The summed E-state index contributed by atoms with van der Waals surface area (Å²) in [5.74, 6) is 0. The van der Waals surface area contributed by atoms with Crippen molar-refractivity contribution in [2.24, 2.45) is 0 Å². The van der Waals surface area contributed by atoms with Crippen LogP contribution in [0.4, 0.5) is 0 Å². The molecule has 0 saturated heterocycles. The lowest BCUT2D eigenvalue weighted by Crippen LogP contribution is -2.29. The van der Waals surface area contributed by atoms with Crippen molar-refractivity contribution in [1.82, 2.24) is 10.2 Å². The minimum Gasteiger partial charge on any atom is -0.314 e. The summed E-state index contributed by atoms with van der Waals surface area (Å²) in [6, 6.07) is 0.698. The van der Waals surface area contributed by atoms with Crippen molar-refractivity contribution in [3.05, 3.63) is 0 Å². The predicted molar refractivity (Wildman–Crippen MR) is 64.8 cm³/mol. The largest absolute Gasteiger partial charge is 0.314 e. The van der Waals surface area contributed by atoms with Crippen LogP contribution in [0.25, 0.3) is 0 Å². The van der Waals surface area contributed by atoms with E-state index in [-0.39, 0.29) is 0 Å². The van der Waals surface area contributed by atoms with E-state index in [4.69, 9.17) is 0 Å². The first kappa shape index (κ1) is 13.9. The van der Waals surface area contributed by atoms with E-state index in [1.807, 2.05) is 0 Å². The van der Waals surface area contributed by atoms with Gasteiger partial charge in [0.2, 0.25) is 0 Å². The molecule has 86 valence electrons. The normalized spacial score (nSPS) is 13.5. The second kappa shape index (κ2) is 9.47. The maximum atomic E-state index is 3.57. The molecule has 0 aliphatic rings. The number of hydrogen-bond donors (Lipinski definition) is 1. The summed E-state index contributed by atoms with van der Waals surface area (Å²) in [5.41, 5.74) is 0. The van der Waals surface area contributed by atoms with Crippen LogP contribution in [-0.2, 0) is 0 Å². The Morgan fingerprint density at radius 1 is 1.14 bits per heavy atom. The fourth-order valence-electron chi connectivity index (χ4n) is 1.55. The van der Waals surface area contributed by atoms with E-state index < -0.39 is 0 Å². The molecule has 0 aliphatic carbocycles. The molecular formula is C12H28N2. The van der Waals surface area contributed by atoms with Crippen molar-refractivity contribution < 1.29 is 0 Å². The topological polar surface area (TPSA) is 15.3 Å².